The van der Waals surface area contributed by atoms with Crippen LogP contribution in [0.4, 0.5) is 11.5 Å². The van der Waals surface area contributed by atoms with E-state index in [-0.39, 0.29) is 23.1 Å². The van der Waals surface area contributed by atoms with Crippen LogP contribution in [0.2, 0.25) is 0 Å². The van der Waals surface area contributed by atoms with Crippen LogP contribution in [-0.2, 0) is 11.2 Å². The monoisotopic (exact) mass is 391 g/mol. The number of rotatable bonds is 4. The fourth-order valence-electron chi connectivity index (χ4n) is 2.83. The minimum absolute atomic E-state index is 0.0468. The van der Waals surface area contributed by atoms with Gasteiger partial charge in [-0.3, -0.25) is 10.1 Å². The Morgan fingerprint density at radius 3 is 2.96 bits per heavy atom. The zero-order valence-electron chi connectivity index (χ0n) is 12.8. The van der Waals surface area contributed by atoms with Crippen LogP contribution in [0.1, 0.15) is 33.9 Å². The summed E-state index contributed by atoms with van der Waals surface area (Å²) in [6.07, 6.45) is 2.99. The number of anilines is 1. The number of ether oxygens (including phenoxy) is 1. The van der Waals surface area contributed by atoms with Gasteiger partial charge in [0.2, 0.25) is 5.82 Å². The molecule has 1 aliphatic carbocycles. The maximum Gasteiger partial charge on any atom is 0.339 e. The second-order valence-electron chi connectivity index (χ2n) is 5.42. The Bertz CT molecular complexity index is 825. The summed E-state index contributed by atoms with van der Waals surface area (Å²) in [7, 11) is 1.22. The van der Waals surface area contributed by atoms with Crippen molar-refractivity contribution in [3.05, 3.63) is 61.7 Å². The Hall–Kier alpha value is -2.48. The number of benzene rings is 1. The molecule has 0 fully saturated rings. The Kier molecular flexibility index (Phi) is 4.48. The molecule has 124 valence electrons. The highest BCUT2D eigenvalue weighted by Crippen LogP contribution is 2.36. The number of nitro groups is 1. The number of methoxy groups -OCH3 is 1. The molecule has 1 N–H and O–H groups in total. The zero-order valence-corrected chi connectivity index (χ0v) is 14.4. The SMILES string of the molecule is COC(=O)c1cnc(NC2CCc3cc(Br)ccc32)c([N+](=O)[O-])c1. The van der Waals surface area contributed by atoms with Crippen LogP contribution in [0.25, 0.3) is 0 Å². The van der Waals surface area contributed by atoms with Crippen LogP contribution in [0.3, 0.4) is 0 Å². The number of nitrogens with one attached hydrogen (secondary N) is 1. The van der Waals surface area contributed by atoms with Crippen LogP contribution < -0.4 is 5.32 Å². The molecule has 0 aliphatic heterocycles. The van der Waals surface area contributed by atoms with E-state index in [1.807, 2.05) is 12.1 Å². The van der Waals surface area contributed by atoms with Gasteiger partial charge in [0, 0.05) is 16.7 Å². The topological polar surface area (TPSA) is 94.4 Å². The van der Waals surface area contributed by atoms with Crippen LogP contribution >= 0.6 is 15.9 Å². The first-order valence-electron chi connectivity index (χ1n) is 7.27. The van der Waals surface area contributed by atoms with E-state index >= 15 is 0 Å². The predicted molar refractivity (Wildman–Crippen MR) is 91.1 cm³/mol. The minimum Gasteiger partial charge on any atom is -0.465 e. The number of fused-ring (bicyclic) bond motifs is 1. The fraction of sp³-hybridized carbons (Fsp3) is 0.250. The van der Waals surface area contributed by atoms with Crippen molar-refractivity contribution in [2.45, 2.75) is 18.9 Å². The first-order valence-corrected chi connectivity index (χ1v) is 8.06. The van der Waals surface area contributed by atoms with Crippen LogP contribution in [-0.4, -0.2) is 23.0 Å². The zero-order chi connectivity index (χ0) is 17.3. The highest BCUT2D eigenvalue weighted by atomic mass is 79.9. The van der Waals surface area contributed by atoms with Crippen molar-refractivity contribution < 1.29 is 14.5 Å². The van der Waals surface area contributed by atoms with E-state index in [1.165, 1.54) is 24.9 Å². The molecule has 1 atom stereocenters. The lowest BCUT2D eigenvalue weighted by atomic mass is 10.1. The fourth-order valence-corrected chi connectivity index (χ4v) is 3.24. The lowest BCUT2D eigenvalue weighted by molar-refractivity contribution is -0.384. The summed E-state index contributed by atoms with van der Waals surface area (Å²) in [5, 5.41) is 14.4. The maximum atomic E-state index is 11.5. The third-order valence-electron chi connectivity index (χ3n) is 3.98. The Labute approximate surface area is 146 Å². The number of aryl methyl sites for hydroxylation is 1. The lowest BCUT2D eigenvalue weighted by Crippen LogP contribution is -2.12. The molecule has 0 saturated carbocycles. The molecule has 1 aromatic carbocycles. The summed E-state index contributed by atoms with van der Waals surface area (Å²) in [6.45, 7) is 0. The van der Waals surface area contributed by atoms with Gasteiger partial charge in [0.1, 0.15) is 0 Å². The van der Waals surface area contributed by atoms with Gasteiger partial charge < -0.3 is 10.1 Å². The smallest absolute Gasteiger partial charge is 0.339 e. The number of carbonyl (C=O) groups is 1. The molecule has 1 aromatic heterocycles. The summed E-state index contributed by atoms with van der Waals surface area (Å²) in [5.41, 5.74) is 2.11. The third-order valence-corrected chi connectivity index (χ3v) is 4.47. The summed E-state index contributed by atoms with van der Waals surface area (Å²) in [6, 6.07) is 7.13. The molecule has 3 rings (SSSR count). The quantitative estimate of drug-likeness (QED) is 0.485. The van der Waals surface area contributed by atoms with E-state index in [0.29, 0.717) is 0 Å². The molecule has 2 aromatic rings. The van der Waals surface area contributed by atoms with Crippen molar-refractivity contribution in [3.63, 3.8) is 0 Å². The van der Waals surface area contributed by atoms with Crippen molar-refractivity contribution in [2.75, 3.05) is 12.4 Å². The van der Waals surface area contributed by atoms with E-state index in [2.05, 4.69) is 37.0 Å². The molecule has 24 heavy (non-hydrogen) atoms. The number of halogens is 1. The molecule has 0 spiro atoms. The number of carbonyl (C=O) groups excluding carboxylic acids is 1. The van der Waals surface area contributed by atoms with Crippen LogP contribution in [0, 0.1) is 10.1 Å². The third kappa shape index (κ3) is 3.09. The summed E-state index contributed by atoms with van der Waals surface area (Å²) < 4.78 is 5.58. The minimum atomic E-state index is -0.659. The van der Waals surface area contributed by atoms with E-state index < -0.39 is 10.9 Å². The van der Waals surface area contributed by atoms with Gasteiger partial charge in [-0.15, -0.1) is 0 Å². The Morgan fingerprint density at radius 2 is 2.25 bits per heavy atom. The van der Waals surface area contributed by atoms with E-state index in [4.69, 9.17) is 0 Å². The van der Waals surface area contributed by atoms with Crippen molar-refractivity contribution in [1.29, 1.82) is 0 Å². The van der Waals surface area contributed by atoms with Crippen LogP contribution in [0.5, 0.6) is 0 Å². The van der Waals surface area contributed by atoms with Gasteiger partial charge in [-0.2, -0.15) is 0 Å². The molecule has 1 heterocycles. The van der Waals surface area contributed by atoms with Crippen molar-refractivity contribution >= 4 is 33.4 Å². The molecule has 1 aliphatic rings. The van der Waals surface area contributed by atoms with Gasteiger partial charge in [0.05, 0.1) is 23.6 Å². The maximum absolute atomic E-state index is 11.5. The molecule has 7 nitrogen and oxygen atoms in total. The number of hydrogen-bond donors (Lipinski definition) is 1. The second-order valence-corrected chi connectivity index (χ2v) is 6.33. The first kappa shape index (κ1) is 16.4. The highest BCUT2D eigenvalue weighted by Gasteiger charge is 2.26. The van der Waals surface area contributed by atoms with Crippen molar-refractivity contribution in [1.82, 2.24) is 4.98 Å². The summed E-state index contributed by atoms with van der Waals surface area (Å²) in [4.78, 5) is 26.3. The molecular weight excluding hydrogens is 378 g/mol. The Morgan fingerprint density at radius 1 is 1.46 bits per heavy atom. The summed E-state index contributed by atoms with van der Waals surface area (Å²) in [5.74, 6) is -0.512. The normalized spacial score (nSPS) is 15.7. The van der Waals surface area contributed by atoms with Gasteiger partial charge in [0.15, 0.2) is 0 Å². The molecule has 0 saturated heterocycles. The number of hydrogen-bond acceptors (Lipinski definition) is 6. The number of pyridine rings is 1. The van der Waals surface area contributed by atoms with Gasteiger partial charge >= 0.3 is 11.7 Å². The van der Waals surface area contributed by atoms with Gasteiger partial charge in [0.25, 0.3) is 0 Å². The standard InChI is InChI=1S/C16H14BrN3O4/c1-24-16(21)10-7-14(20(22)23)15(18-8-10)19-13-5-2-9-6-11(17)3-4-12(9)13/h3-4,6-8,13H,2,5H2,1H3,(H,18,19). The molecule has 8 heteroatoms. The van der Waals surface area contributed by atoms with Gasteiger partial charge in [-0.25, -0.2) is 9.78 Å². The second kappa shape index (κ2) is 6.56. The molecule has 0 radical (unpaired) electrons. The number of esters is 1. The number of aromatic nitrogens is 1. The number of nitrogens with zero attached hydrogens (tertiary/aromatic N) is 2. The predicted octanol–water partition coefficient (Wildman–Crippen LogP) is 3.64. The summed E-state index contributed by atoms with van der Waals surface area (Å²) >= 11 is 3.44. The van der Waals surface area contributed by atoms with Gasteiger partial charge in [-0.1, -0.05) is 22.0 Å². The van der Waals surface area contributed by atoms with Crippen molar-refractivity contribution in [2.24, 2.45) is 0 Å². The highest BCUT2D eigenvalue weighted by molar-refractivity contribution is 9.10. The molecule has 0 bridgehead atoms. The average Bonchev–Trinajstić information content (AvgIpc) is 2.96. The van der Waals surface area contributed by atoms with Crippen molar-refractivity contribution in [3.8, 4) is 0 Å². The van der Waals surface area contributed by atoms with E-state index in [0.717, 1.165) is 22.9 Å². The first-order chi connectivity index (χ1) is 11.5. The Balaban J connectivity index is 1.91. The lowest BCUT2D eigenvalue weighted by Gasteiger charge is -2.15. The van der Waals surface area contributed by atoms with Crippen LogP contribution in [0.15, 0.2) is 34.9 Å². The van der Waals surface area contributed by atoms with E-state index in [1.54, 1.807) is 0 Å². The molecule has 1 unspecified atom stereocenters. The van der Waals surface area contributed by atoms with Gasteiger partial charge in [-0.05, 0) is 36.1 Å². The molecular formula is C16H14BrN3O4. The molecule has 0 amide bonds. The van der Waals surface area contributed by atoms with E-state index in [9.17, 15) is 14.9 Å². The average molecular weight is 392 g/mol. The largest absolute Gasteiger partial charge is 0.465 e.